The Morgan fingerprint density at radius 1 is 1.15 bits per heavy atom. The van der Waals surface area contributed by atoms with Crippen LogP contribution in [0, 0.1) is 0 Å². The van der Waals surface area contributed by atoms with Crippen molar-refractivity contribution in [3.8, 4) is 16.6 Å². The average Bonchev–Trinajstić information content (AvgIpc) is 3.43. The predicted molar refractivity (Wildman–Crippen MR) is 130 cm³/mol. The lowest BCUT2D eigenvalue weighted by atomic mass is 9.87. The molecule has 1 aliphatic heterocycles. The summed E-state index contributed by atoms with van der Waals surface area (Å²) in [4.78, 5) is 17.4. The van der Waals surface area contributed by atoms with Crippen molar-refractivity contribution >= 4 is 33.3 Å². The second-order valence-corrected chi connectivity index (χ2v) is 8.98. The van der Waals surface area contributed by atoms with Gasteiger partial charge in [-0.05, 0) is 43.2 Å². The topological polar surface area (TPSA) is 78.3 Å². The minimum Gasteiger partial charge on any atom is -0.490 e. The molecule has 7 nitrogen and oxygen atoms in total. The number of fused-ring (bicyclic) bond motifs is 2. The Hall–Kier alpha value is -3.39. The lowest BCUT2D eigenvalue weighted by Gasteiger charge is -2.24. The van der Waals surface area contributed by atoms with Gasteiger partial charge in [0.1, 0.15) is 5.82 Å². The van der Waals surface area contributed by atoms with Gasteiger partial charge in [0.05, 0.1) is 29.6 Å². The van der Waals surface area contributed by atoms with Crippen molar-refractivity contribution < 1.29 is 14.3 Å². The SMILES string of the molecule is CCCCOc1ccc([C@@H]2CC(=O)Nc3c2cnn3-c2nc3ccccc3s2)cc1OCC. The standard InChI is InChI=1S/C25H26N4O3S/c1-3-5-12-32-20-11-10-16(13-21(20)31-4-2)17-14-23(30)28-24-18(17)15-26-29(24)25-27-19-8-6-7-9-22(19)33-25/h6-11,13,15,17H,3-5,12,14H2,1-2H3,(H,28,30)/t17-/m0/s1. The Kier molecular flexibility index (Phi) is 6.00. The van der Waals surface area contributed by atoms with Crippen molar-refractivity contribution in [3.63, 3.8) is 0 Å². The van der Waals surface area contributed by atoms with Gasteiger partial charge in [-0.15, -0.1) is 0 Å². The molecule has 1 aliphatic rings. The molecular formula is C25H26N4O3S. The number of amides is 1. The van der Waals surface area contributed by atoms with Gasteiger partial charge in [-0.3, -0.25) is 4.79 Å². The molecule has 1 amide bonds. The molecule has 0 spiro atoms. The number of benzene rings is 2. The number of thiazole rings is 1. The number of rotatable bonds is 8. The van der Waals surface area contributed by atoms with E-state index < -0.39 is 0 Å². The molecule has 4 aromatic rings. The van der Waals surface area contributed by atoms with Crippen LogP contribution < -0.4 is 14.8 Å². The molecule has 2 aromatic heterocycles. The second-order valence-electron chi connectivity index (χ2n) is 7.97. The maximum absolute atomic E-state index is 12.7. The third-order valence-electron chi connectivity index (χ3n) is 5.71. The summed E-state index contributed by atoms with van der Waals surface area (Å²) in [5.41, 5.74) is 2.89. The average molecular weight is 463 g/mol. The maximum atomic E-state index is 12.7. The van der Waals surface area contributed by atoms with Crippen LogP contribution >= 0.6 is 11.3 Å². The van der Waals surface area contributed by atoms with Gasteiger partial charge in [0.2, 0.25) is 11.0 Å². The van der Waals surface area contributed by atoms with E-state index in [2.05, 4.69) is 17.3 Å². The van der Waals surface area contributed by atoms with E-state index in [-0.39, 0.29) is 11.8 Å². The number of hydrogen-bond donors (Lipinski definition) is 1. The normalized spacial score (nSPS) is 15.3. The molecule has 0 saturated heterocycles. The zero-order valence-corrected chi connectivity index (χ0v) is 19.5. The third-order valence-corrected chi connectivity index (χ3v) is 6.72. The summed E-state index contributed by atoms with van der Waals surface area (Å²) >= 11 is 1.55. The van der Waals surface area contributed by atoms with Crippen LogP contribution in [0.25, 0.3) is 15.3 Å². The first-order valence-corrected chi connectivity index (χ1v) is 12.1. The lowest BCUT2D eigenvalue weighted by Crippen LogP contribution is -2.24. The zero-order valence-electron chi connectivity index (χ0n) is 18.7. The van der Waals surface area contributed by atoms with Crippen molar-refractivity contribution in [2.45, 2.75) is 39.0 Å². The molecular weight excluding hydrogens is 436 g/mol. The van der Waals surface area contributed by atoms with Crippen molar-refractivity contribution in [1.29, 1.82) is 0 Å². The molecule has 2 aromatic carbocycles. The van der Waals surface area contributed by atoms with E-state index in [1.165, 1.54) is 0 Å². The zero-order chi connectivity index (χ0) is 22.8. The number of para-hydroxylation sites is 1. The van der Waals surface area contributed by atoms with Crippen LogP contribution in [0.1, 0.15) is 50.2 Å². The van der Waals surface area contributed by atoms with Crippen LogP contribution in [0.3, 0.4) is 0 Å². The molecule has 0 radical (unpaired) electrons. The summed E-state index contributed by atoms with van der Waals surface area (Å²) in [5, 5.41) is 8.33. The summed E-state index contributed by atoms with van der Waals surface area (Å²) in [7, 11) is 0. The van der Waals surface area contributed by atoms with Crippen molar-refractivity contribution in [2.24, 2.45) is 0 Å². The molecule has 0 aliphatic carbocycles. The van der Waals surface area contributed by atoms with Crippen molar-refractivity contribution in [1.82, 2.24) is 14.8 Å². The highest BCUT2D eigenvalue weighted by molar-refractivity contribution is 7.20. The minimum absolute atomic E-state index is 0.0448. The number of carbonyl (C=O) groups is 1. The van der Waals surface area contributed by atoms with Gasteiger partial charge in [-0.2, -0.15) is 9.78 Å². The highest BCUT2D eigenvalue weighted by Gasteiger charge is 2.31. The molecule has 0 bridgehead atoms. The fourth-order valence-corrected chi connectivity index (χ4v) is 5.00. The van der Waals surface area contributed by atoms with E-state index in [1.807, 2.05) is 55.6 Å². The van der Waals surface area contributed by atoms with E-state index in [0.29, 0.717) is 31.2 Å². The first kappa shape index (κ1) is 21.5. The summed E-state index contributed by atoms with van der Waals surface area (Å²) in [5.74, 6) is 1.95. The fraction of sp³-hybridized carbons (Fsp3) is 0.320. The van der Waals surface area contributed by atoms with Crippen LogP contribution in [0.2, 0.25) is 0 Å². The van der Waals surface area contributed by atoms with Crippen LogP contribution in [-0.4, -0.2) is 33.9 Å². The Labute approximate surface area is 196 Å². The molecule has 1 atom stereocenters. The van der Waals surface area contributed by atoms with Crippen molar-refractivity contribution in [3.05, 3.63) is 59.8 Å². The number of hydrogen-bond acceptors (Lipinski definition) is 6. The lowest BCUT2D eigenvalue weighted by molar-refractivity contribution is -0.116. The van der Waals surface area contributed by atoms with E-state index in [1.54, 1.807) is 16.0 Å². The molecule has 33 heavy (non-hydrogen) atoms. The Morgan fingerprint density at radius 3 is 2.85 bits per heavy atom. The highest BCUT2D eigenvalue weighted by atomic mass is 32.1. The molecule has 3 heterocycles. The quantitative estimate of drug-likeness (QED) is 0.348. The first-order chi connectivity index (χ1) is 16.2. The van der Waals surface area contributed by atoms with Gasteiger partial charge in [0, 0.05) is 17.9 Å². The number of anilines is 1. The van der Waals surface area contributed by atoms with Gasteiger partial charge in [0.15, 0.2) is 11.5 Å². The number of aromatic nitrogens is 3. The Bertz CT molecular complexity index is 1260. The number of carbonyl (C=O) groups excluding carboxylic acids is 1. The minimum atomic E-state index is -0.124. The van der Waals surface area contributed by atoms with Gasteiger partial charge in [0.25, 0.3) is 0 Å². The van der Waals surface area contributed by atoms with E-state index >= 15 is 0 Å². The monoisotopic (exact) mass is 462 g/mol. The van der Waals surface area contributed by atoms with Crippen LogP contribution in [0.15, 0.2) is 48.7 Å². The van der Waals surface area contributed by atoms with Crippen LogP contribution in [-0.2, 0) is 4.79 Å². The summed E-state index contributed by atoms with van der Waals surface area (Å²) in [6, 6.07) is 13.9. The number of nitrogens with one attached hydrogen (secondary N) is 1. The van der Waals surface area contributed by atoms with Gasteiger partial charge < -0.3 is 14.8 Å². The fourth-order valence-electron chi connectivity index (χ4n) is 4.07. The summed E-state index contributed by atoms with van der Waals surface area (Å²) in [6.07, 6.45) is 4.24. The molecule has 0 fully saturated rings. The van der Waals surface area contributed by atoms with Crippen LogP contribution in [0.5, 0.6) is 11.5 Å². The van der Waals surface area contributed by atoms with Crippen LogP contribution in [0.4, 0.5) is 5.82 Å². The summed E-state index contributed by atoms with van der Waals surface area (Å²) in [6.45, 7) is 5.28. The Balaban J connectivity index is 1.51. The largest absolute Gasteiger partial charge is 0.490 e. The van der Waals surface area contributed by atoms with Gasteiger partial charge >= 0.3 is 0 Å². The van der Waals surface area contributed by atoms with E-state index in [0.717, 1.165) is 45.1 Å². The number of ether oxygens (including phenoxy) is 2. The molecule has 170 valence electrons. The molecule has 8 heteroatoms. The first-order valence-electron chi connectivity index (χ1n) is 11.3. The smallest absolute Gasteiger partial charge is 0.226 e. The maximum Gasteiger partial charge on any atom is 0.226 e. The molecule has 0 unspecified atom stereocenters. The predicted octanol–water partition coefficient (Wildman–Crippen LogP) is 5.53. The molecule has 1 N–H and O–H groups in total. The number of unbranched alkanes of at least 4 members (excludes halogenated alkanes) is 1. The number of nitrogens with zero attached hydrogens (tertiary/aromatic N) is 3. The third kappa shape index (κ3) is 4.18. The molecule has 5 rings (SSSR count). The molecule has 0 saturated carbocycles. The van der Waals surface area contributed by atoms with Gasteiger partial charge in [-0.25, -0.2) is 4.98 Å². The summed E-state index contributed by atoms with van der Waals surface area (Å²) < 4.78 is 14.6. The van der Waals surface area contributed by atoms with Gasteiger partial charge in [-0.1, -0.05) is 42.9 Å². The Morgan fingerprint density at radius 2 is 2.03 bits per heavy atom. The highest BCUT2D eigenvalue weighted by Crippen LogP contribution is 2.41. The van der Waals surface area contributed by atoms with E-state index in [4.69, 9.17) is 14.5 Å². The van der Waals surface area contributed by atoms with Crippen molar-refractivity contribution in [2.75, 3.05) is 18.5 Å². The van der Waals surface area contributed by atoms with E-state index in [9.17, 15) is 4.79 Å². The second kappa shape index (κ2) is 9.23.